The molecule has 0 fully saturated rings. The Labute approximate surface area is 353 Å². The van der Waals surface area contributed by atoms with Gasteiger partial charge in [0.05, 0.1) is 18.8 Å². The van der Waals surface area contributed by atoms with Gasteiger partial charge in [0.15, 0.2) is 0 Å². The summed E-state index contributed by atoms with van der Waals surface area (Å²) < 4.78 is 0. The standard InChI is InChI=1S/C51H95NO5/c1-3-5-7-9-11-13-15-17-18-19-20-21-22-23-24-25-26-27-28-29-30-31-32-33-35-36-38-40-42-44-48(54)50(56)47(46-53)52-51(57)49(55)45-43-41-39-37-34-16-14-12-10-8-6-4-2/h31-32,34,36-38,41,43,47-50,53-56H,3-30,33,35,39-40,42,44-46H2,1-2H3,(H,52,57)/b32-31+,37-34-,38-36+,43-41-. The topological polar surface area (TPSA) is 110 Å². The Hall–Kier alpha value is -1.73. The Balaban J connectivity index is 3.73. The smallest absolute Gasteiger partial charge is 0.249 e. The van der Waals surface area contributed by atoms with Crippen LogP contribution in [0, 0.1) is 0 Å². The van der Waals surface area contributed by atoms with Crippen molar-refractivity contribution < 1.29 is 25.2 Å². The minimum absolute atomic E-state index is 0.148. The van der Waals surface area contributed by atoms with Gasteiger partial charge in [-0.15, -0.1) is 0 Å². The second kappa shape index (κ2) is 45.4. The number of hydrogen-bond acceptors (Lipinski definition) is 5. The predicted molar refractivity (Wildman–Crippen MR) is 247 cm³/mol. The average Bonchev–Trinajstić information content (AvgIpc) is 3.22. The molecule has 5 N–H and O–H groups in total. The molecule has 0 saturated heterocycles. The van der Waals surface area contributed by atoms with E-state index < -0.39 is 36.9 Å². The van der Waals surface area contributed by atoms with Crippen molar-refractivity contribution in [2.45, 2.75) is 263 Å². The van der Waals surface area contributed by atoms with Crippen molar-refractivity contribution >= 4 is 5.91 Å². The number of carbonyl (C=O) groups excluding carboxylic acids is 1. The minimum atomic E-state index is -1.31. The van der Waals surface area contributed by atoms with Crippen LogP contribution < -0.4 is 5.32 Å². The van der Waals surface area contributed by atoms with E-state index in [4.69, 9.17) is 0 Å². The zero-order valence-corrected chi connectivity index (χ0v) is 37.6. The second-order valence-electron chi connectivity index (χ2n) is 16.8. The summed E-state index contributed by atoms with van der Waals surface area (Å²) in [5.41, 5.74) is 0. The van der Waals surface area contributed by atoms with E-state index in [1.165, 1.54) is 173 Å². The number of hydrogen-bond donors (Lipinski definition) is 5. The lowest BCUT2D eigenvalue weighted by Gasteiger charge is -2.27. The van der Waals surface area contributed by atoms with Crippen LogP contribution in [0.4, 0.5) is 0 Å². The highest BCUT2D eigenvalue weighted by molar-refractivity contribution is 5.81. The molecular formula is C51H95NO5. The Kier molecular flexibility index (Phi) is 44.0. The molecule has 0 aromatic heterocycles. The summed E-state index contributed by atoms with van der Waals surface area (Å²) in [6, 6.07) is -1.04. The van der Waals surface area contributed by atoms with Gasteiger partial charge >= 0.3 is 0 Å². The zero-order chi connectivity index (χ0) is 41.7. The van der Waals surface area contributed by atoms with Crippen LogP contribution in [0.15, 0.2) is 48.6 Å². The molecule has 0 aliphatic rings. The van der Waals surface area contributed by atoms with Crippen molar-refractivity contribution in [2.75, 3.05) is 6.61 Å². The summed E-state index contributed by atoms with van der Waals surface area (Å²) in [5, 5.41) is 43.5. The molecule has 0 spiro atoms. The highest BCUT2D eigenvalue weighted by Gasteiger charge is 2.28. The molecule has 0 bridgehead atoms. The largest absolute Gasteiger partial charge is 0.394 e. The molecule has 0 aromatic rings. The van der Waals surface area contributed by atoms with Crippen LogP contribution in [0.5, 0.6) is 0 Å². The van der Waals surface area contributed by atoms with Crippen LogP contribution in [0.1, 0.15) is 239 Å². The van der Waals surface area contributed by atoms with Gasteiger partial charge < -0.3 is 25.7 Å². The number of carbonyl (C=O) groups is 1. The summed E-state index contributed by atoms with van der Waals surface area (Å²) in [6.07, 6.45) is 56.3. The van der Waals surface area contributed by atoms with Gasteiger partial charge in [0.25, 0.3) is 0 Å². The zero-order valence-electron chi connectivity index (χ0n) is 37.6. The molecule has 57 heavy (non-hydrogen) atoms. The monoisotopic (exact) mass is 802 g/mol. The molecule has 334 valence electrons. The van der Waals surface area contributed by atoms with Crippen LogP contribution in [-0.4, -0.2) is 57.3 Å². The fourth-order valence-electron chi connectivity index (χ4n) is 7.35. The summed E-state index contributed by atoms with van der Waals surface area (Å²) in [5.74, 6) is -0.665. The van der Waals surface area contributed by atoms with Crippen molar-refractivity contribution in [1.82, 2.24) is 5.32 Å². The van der Waals surface area contributed by atoms with E-state index in [0.29, 0.717) is 12.8 Å². The van der Waals surface area contributed by atoms with Crippen LogP contribution in [0.2, 0.25) is 0 Å². The van der Waals surface area contributed by atoms with E-state index >= 15 is 0 Å². The molecular weight excluding hydrogens is 707 g/mol. The fraction of sp³-hybridized carbons (Fsp3) is 0.824. The molecule has 0 rings (SSSR count). The maximum absolute atomic E-state index is 12.4. The third-order valence-corrected chi connectivity index (χ3v) is 11.3. The molecule has 0 heterocycles. The SMILES string of the molecule is CCCCCCCC/C=C\C/C=C\CC(O)C(=O)NC(CO)C(O)C(O)CCC/C=C/CC/C=C/CCCCCCCCCCCCCCCCCCCCCC. The average molecular weight is 802 g/mol. The number of nitrogens with one attached hydrogen (secondary N) is 1. The van der Waals surface area contributed by atoms with Gasteiger partial charge in [0, 0.05) is 6.42 Å². The fourth-order valence-corrected chi connectivity index (χ4v) is 7.35. The number of amides is 1. The highest BCUT2D eigenvalue weighted by Crippen LogP contribution is 2.16. The second-order valence-corrected chi connectivity index (χ2v) is 16.8. The van der Waals surface area contributed by atoms with Crippen molar-refractivity contribution in [2.24, 2.45) is 0 Å². The highest BCUT2D eigenvalue weighted by atomic mass is 16.3. The predicted octanol–water partition coefficient (Wildman–Crippen LogP) is 13.5. The first kappa shape index (κ1) is 55.3. The number of aliphatic hydroxyl groups is 4. The Morgan fingerprint density at radius 1 is 0.456 bits per heavy atom. The van der Waals surface area contributed by atoms with Gasteiger partial charge in [-0.3, -0.25) is 4.79 Å². The normalized spacial score (nSPS) is 14.4. The third kappa shape index (κ3) is 39.5. The van der Waals surface area contributed by atoms with Gasteiger partial charge in [-0.1, -0.05) is 217 Å². The Bertz CT molecular complexity index is 946. The minimum Gasteiger partial charge on any atom is -0.394 e. The molecule has 6 heteroatoms. The van der Waals surface area contributed by atoms with Crippen molar-refractivity contribution in [3.63, 3.8) is 0 Å². The van der Waals surface area contributed by atoms with Crippen LogP contribution in [0.3, 0.4) is 0 Å². The lowest BCUT2D eigenvalue weighted by Crippen LogP contribution is -2.52. The Morgan fingerprint density at radius 2 is 0.807 bits per heavy atom. The Morgan fingerprint density at radius 3 is 1.23 bits per heavy atom. The molecule has 1 amide bonds. The first-order valence-corrected chi connectivity index (χ1v) is 24.5. The van der Waals surface area contributed by atoms with E-state index in [-0.39, 0.29) is 6.42 Å². The number of aliphatic hydroxyl groups excluding tert-OH is 4. The summed E-state index contributed by atoms with van der Waals surface area (Å²) >= 11 is 0. The lowest BCUT2D eigenvalue weighted by atomic mass is 10.0. The van der Waals surface area contributed by atoms with E-state index in [2.05, 4.69) is 55.6 Å². The molecule has 0 aliphatic carbocycles. The molecule has 4 unspecified atom stereocenters. The van der Waals surface area contributed by atoms with Gasteiger partial charge in [0.2, 0.25) is 5.91 Å². The quantitative estimate of drug-likeness (QED) is 0.0311. The van der Waals surface area contributed by atoms with Crippen molar-refractivity contribution in [1.29, 1.82) is 0 Å². The number of rotatable bonds is 44. The molecule has 4 atom stereocenters. The summed E-state index contributed by atoms with van der Waals surface area (Å²) in [6.45, 7) is 4.00. The van der Waals surface area contributed by atoms with Crippen LogP contribution in [-0.2, 0) is 4.79 Å². The van der Waals surface area contributed by atoms with Crippen molar-refractivity contribution in [3.8, 4) is 0 Å². The summed E-state index contributed by atoms with van der Waals surface area (Å²) in [4.78, 5) is 12.4. The lowest BCUT2D eigenvalue weighted by molar-refractivity contribution is -0.132. The number of unbranched alkanes of at least 4 members (excludes halogenated alkanes) is 28. The van der Waals surface area contributed by atoms with Gasteiger partial charge in [-0.2, -0.15) is 0 Å². The molecule has 0 saturated carbocycles. The van der Waals surface area contributed by atoms with E-state index in [1.54, 1.807) is 6.08 Å². The van der Waals surface area contributed by atoms with Gasteiger partial charge in [0.1, 0.15) is 12.2 Å². The van der Waals surface area contributed by atoms with Crippen LogP contribution >= 0.6 is 0 Å². The van der Waals surface area contributed by atoms with E-state index in [0.717, 1.165) is 32.1 Å². The maximum Gasteiger partial charge on any atom is 0.249 e. The van der Waals surface area contributed by atoms with E-state index in [1.807, 2.05) is 6.08 Å². The van der Waals surface area contributed by atoms with Gasteiger partial charge in [-0.05, 0) is 64.2 Å². The molecule has 0 radical (unpaired) electrons. The van der Waals surface area contributed by atoms with Gasteiger partial charge in [-0.25, -0.2) is 0 Å². The maximum atomic E-state index is 12.4. The first-order valence-electron chi connectivity index (χ1n) is 24.5. The molecule has 0 aliphatic heterocycles. The third-order valence-electron chi connectivity index (χ3n) is 11.3. The molecule has 6 nitrogen and oxygen atoms in total. The summed E-state index contributed by atoms with van der Waals surface area (Å²) in [7, 11) is 0. The van der Waals surface area contributed by atoms with Crippen molar-refractivity contribution in [3.05, 3.63) is 48.6 Å². The molecule has 0 aromatic carbocycles. The van der Waals surface area contributed by atoms with E-state index in [9.17, 15) is 25.2 Å². The number of allylic oxidation sites excluding steroid dienone is 7. The van der Waals surface area contributed by atoms with Crippen LogP contribution in [0.25, 0.3) is 0 Å². The first-order chi connectivity index (χ1) is 28.0.